The van der Waals surface area contributed by atoms with E-state index in [0.717, 1.165) is 31.6 Å². The summed E-state index contributed by atoms with van der Waals surface area (Å²) in [5.41, 5.74) is 3.25. The molecule has 0 aromatic heterocycles. The zero-order valence-electron chi connectivity index (χ0n) is 12.6. The molecule has 0 heterocycles. The van der Waals surface area contributed by atoms with Crippen LogP contribution in [0.3, 0.4) is 0 Å². The number of amides is 1. The van der Waals surface area contributed by atoms with E-state index in [4.69, 9.17) is 0 Å². The first-order valence-corrected chi connectivity index (χ1v) is 7.15. The Labute approximate surface area is 117 Å². The lowest BCUT2D eigenvalue weighted by Crippen LogP contribution is -2.34. The number of hydrogen-bond donors (Lipinski definition) is 1. The van der Waals surface area contributed by atoms with E-state index in [1.165, 1.54) is 11.1 Å². The first-order chi connectivity index (χ1) is 9.05. The predicted octanol–water partition coefficient (Wildman–Crippen LogP) is 3.36. The van der Waals surface area contributed by atoms with Crippen molar-refractivity contribution >= 4 is 11.6 Å². The molecule has 1 N–H and O–H groups in total. The van der Waals surface area contributed by atoms with Gasteiger partial charge < -0.3 is 5.32 Å². The van der Waals surface area contributed by atoms with Crippen molar-refractivity contribution in [2.75, 3.05) is 25.0 Å². The third-order valence-electron chi connectivity index (χ3n) is 2.95. The van der Waals surface area contributed by atoms with Crippen molar-refractivity contribution in [3.63, 3.8) is 0 Å². The lowest BCUT2D eigenvalue weighted by atomic mass is 10.1. The smallest absolute Gasteiger partial charge is 0.238 e. The Morgan fingerprint density at radius 2 is 1.58 bits per heavy atom. The van der Waals surface area contributed by atoms with Gasteiger partial charge in [0, 0.05) is 5.69 Å². The van der Waals surface area contributed by atoms with E-state index in [1.54, 1.807) is 0 Å². The zero-order chi connectivity index (χ0) is 14.3. The van der Waals surface area contributed by atoms with E-state index in [0.29, 0.717) is 6.54 Å². The highest BCUT2D eigenvalue weighted by Gasteiger charge is 2.09. The van der Waals surface area contributed by atoms with E-state index < -0.39 is 0 Å². The molecule has 0 aliphatic heterocycles. The van der Waals surface area contributed by atoms with Crippen LogP contribution in [0.4, 0.5) is 5.69 Å². The Hall–Kier alpha value is -1.35. The number of nitrogens with one attached hydrogen (secondary N) is 1. The van der Waals surface area contributed by atoms with Crippen molar-refractivity contribution < 1.29 is 4.79 Å². The minimum atomic E-state index is 0.0758. The number of rotatable bonds is 7. The molecule has 0 fully saturated rings. The van der Waals surface area contributed by atoms with Gasteiger partial charge >= 0.3 is 0 Å². The van der Waals surface area contributed by atoms with E-state index in [-0.39, 0.29) is 5.91 Å². The number of carbonyl (C=O) groups is 1. The summed E-state index contributed by atoms with van der Waals surface area (Å²) in [6.07, 6.45) is 2.16. The van der Waals surface area contributed by atoms with Gasteiger partial charge in [-0.05, 0) is 63.0 Å². The van der Waals surface area contributed by atoms with Gasteiger partial charge in [-0.15, -0.1) is 0 Å². The van der Waals surface area contributed by atoms with Crippen LogP contribution < -0.4 is 5.32 Å². The fraction of sp³-hybridized carbons (Fsp3) is 0.562. The summed E-state index contributed by atoms with van der Waals surface area (Å²) in [5.74, 6) is 0.0758. The van der Waals surface area contributed by atoms with E-state index in [2.05, 4.69) is 30.1 Å². The lowest BCUT2D eigenvalue weighted by Gasteiger charge is -2.20. The highest BCUT2D eigenvalue weighted by Crippen LogP contribution is 2.13. The summed E-state index contributed by atoms with van der Waals surface area (Å²) >= 11 is 0. The molecule has 0 atom stereocenters. The maximum absolute atomic E-state index is 12.0. The molecule has 0 bridgehead atoms. The molecule has 0 spiro atoms. The normalized spacial score (nSPS) is 10.8. The minimum absolute atomic E-state index is 0.0758. The number of nitrogens with zero attached hydrogens (tertiary/aromatic N) is 1. The van der Waals surface area contributed by atoms with Gasteiger partial charge in [-0.3, -0.25) is 9.69 Å². The lowest BCUT2D eigenvalue weighted by molar-refractivity contribution is -0.117. The molecule has 0 radical (unpaired) electrons. The van der Waals surface area contributed by atoms with Gasteiger partial charge in [0.1, 0.15) is 0 Å². The van der Waals surface area contributed by atoms with E-state index in [1.807, 2.05) is 26.0 Å². The molecule has 1 amide bonds. The van der Waals surface area contributed by atoms with Gasteiger partial charge in [0.15, 0.2) is 0 Å². The number of aryl methyl sites for hydroxylation is 2. The van der Waals surface area contributed by atoms with Crippen molar-refractivity contribution in [3.8, 4) is 0 Å². The minimum Gasteiger partial charge on any atom is -0.325 e. The quantitative estimate of drug-likeness (QED) is 0.817. The molecule has 106 valence electrons. The van der Waals surface area contributed by atoms with Gasteiger partial charge in [0.05, 0.1) is 6.54 Å². The average Bonchev–Trinajstić information content (AvgIpc) is 2.27. The third-order valence-corrected chi connectivity index (χ3v) is 2.95. The largest absolute Gasteiger partial charge is 0.325 e. The Morgan fingerprint density at radius 3 is 2.05 bits per heavy atom. The molecule has 0 saturated heterocycles. The first-order valence-electron chi connectivity index (χ1n) is 7.15. The van der Waals surface area contributed by atoms with Crippen LogP contribution in [-0.2, 0) is 4.79 Å². The van der Waals surface area contributed by atoms with E-state index in [9.17, 15) is 4.79 Å². The van der Waals surface area contributed by atoms with Crippen LogP contribution in [0, 0.1) is 13.8 Å². The molecule has 1 rings (SSSR count). The Kier molecular flexibility index (Phi) is 6.57. The first kappa shape index (κ1) is 15.7. The topological polar surface area (TPSA) is 32.3 Å². The summed E-state index contributed by atoms with van der Waals surface area (Å²) in [7, 11) is 0. The maximum atomic E-state index is 12.0. The monoisotopic (exact) mass is 262 g/mol. The van der Waals surface area contributed by atoms with Crippen LogP contribution in [0.2, 0.25) is 0 Å². The molecule has 3 heteroatoms. The summed E-state index contributed by atoms with van der Waals surface area (Å²) < 4.78 is 0. The molecule has 0 unspecified atom stereocenters. The number of anilines is 1. The number of hydrogen-bond acceptors (Lipinski definition) is 2. The molecule has 0 aliphatic rings. The van der Waals surface area contributed by atoms with Crippen molar-refractivity contribution in [1.29, 1.82) is 0 Å². The second-order valence-corrected chi connectivity index (χ2v) is 5.20. The molecule has 1 aromatic carbocycles. The second kappa shape index (κ2) is 7.95. The van der Waals surface area contributed by atoms with Crippen LogP contribution in [-0.4, -0.2) is 30.4 Å². The van der Waals surface area contributed by atoms with Crippen LogP contribution in [0.5, 0.6) is 0 Å². The van der Waals surface area contributed by atoms with Crippen LogP contribution in [0.25, 0.3) is 0 Å². The highest BCUT2D eigenvalue weighted by molar-refractivity contribution is 5.92. The van der Waals surface area contributed by atoms with Crippen LogP contribution in [0.15, 0.2) is 18.2 Å². The van der Waals surface area contributed by atoms with Gasteiger partial charge in [-0.2, -0.15) is 0 Å². The van der Waals surface area contributed by atoms with E-state index >= 15 is 0 Å². The number of benzene rings is 1. The Bertz CT molecular complexity index is 389. The van der Waals surface area contributed by atoms with Crippen molar-refractivity contribution in [2.45, 2.75) is 40.5 Å². The molecular formula is C16H26N2O. The second-order valence-electron chi connectivity index (χ2n) is 5.20. The van der Waals surface area contributed by atoms with Gasteiger partial charge in [0.2, 0.25) is 5.91 Å². The zero-order valence-corrected chi connectivity index (χ0v) is 12.6. The molecule has 19 heavy (non-hydrogen) atoms. The summed E-state index contributed by atoms with van der Waals surface area (Å²) in [5, 5.41) is 2.99. The van der Waals surface area contributed by atoms with Gasteiger partial charge in [0.25, 0.3) is 0 Å². The Morgan fingerprint density at radius 1 is 1.05 bits per heavy atom. The summed E-state index contributed by atoms with van der Waals surface area (Å²) in [6, 6.07) is 6.12. The van der Waals surface area contributed by atoms with Gasteiger partial charge in [-0.25, -0.2) is 0 Å². The predicted molar refractivity (Wildman–Crippen MR) is 81.6 cm³/mol. The van der Waals surface area contributed by atoms with Crippen LogP contribution in [0.1, 0.15) is 37.8 Å². The third kappa shape index (κ3) is 5.88. The SMILES string of the molecule is CCCN(CCC)CC(=O)Nc1cc(C)cc(C)c1. The summed E-state index contributed by atoms with van der Waals surface area (Å²) in [6.45, 7) is 10.8. The van der Waals surface area contributed by atoms with Gasteiger partial charge in [-0.1, -0.05) is 19.9 Å². The van der Waals surface area contributed by atoms with Crippen LogP contribution >= 0.6 is 0 Å². The molecule has 0 saturated carbocycles. The molecule has 0 aliphatic carbocycles. The fourth-order valence-electron chi connectivity index (χ4n) is 2.35. The Balaban J connectivity index is 2.58. The fourth-order valence-corrected chi connectivity index (χ4v) is 2.35. The standard InChI is InChI=1S/C16H26N2O/c1-5-7-18(8-6-2)12-16(19)17-15-10-13(3)9-14(4)11-15/h9-11H,5-8,12H2,1-4H3,(H,17,19). The summed E-state index contributed by atoms with van der Waals surface area (Å²) in [4.78, 5) is 14.2. The average molecular weight is 262 g/mol. The highest BCUT2D eigenvalue weighted by atomic mass is 16.2. The molecule has 3 nitrogen and oxygen atoms in total. The number of carbonyl (C=O) groups excluding carboxylic acids is 1. The maximum Gasteiger partial charge on any atom is 0.238 e. The van der Waals surface area contributed by atoms with Crippen molar-refractivity contribution in [1.82, 2.24) is 4.90 Å². The van der Waals surface area contributed by atoms with Crippen molar-refractivity contribution in [3.05, 3.63) is 29.3 Å². The molecule has 1 aromatic rings. The van der Waals surface area contributed by atoms with Crippen molar-refractivity contribution in [2.24, 2.45) is 0 Å². The molecular weight excluding hydrogens is 236 g/mol.